The molecule has 0 amide bonds. The second-order valence-electron chi connectivity index (χ2n) is 5.03. The summed E-state index contributed by atoms with van der Waals surface area (Å²) in [5.74, 6) is 0.0631. The Morgan fingerprint density at radius 1 is 0.947 bits per heavy atom. The molecule has 1 rings (SSSR count). The molecule has 5 heteroatoms. The van der Waals surface area contributed by atoms with Crippen molar-refractivity contribution in [2.45, 2.75) is 5.79 Å². The predicted molar refractivity (Wildman–Crippen MR) is 75.9 cm³/mol. The van der Waals surface area contributed by atoms with Gasteiger partial charge in [-0.3, -0.25) is 19.5 Å². The van der Waals surface area contributed by atoms with E-state index in [9.17, 15) is 4.79 Å². The van der Waals surface area contributed by atoms with E-state index < -0.39 is 5.79 Å². The van der Waals surface area contributed by atoms with Gasteiger partial charge in [0.1, 0.15) is 5.75 Å². The van der Waals surface area contributed by atoms with Gasteiger partial charge in [-0.05, 0) is 48.4 Å². The van der Waals surface area contributed by atoms with Crippen molar-refractivity contribution >= 4 is 6.47 Å². The molecule has 0 aliphatic rings. The highest BCUT2D eigenvalue weighted by molar-refractivity contribution is 5.49. The molecule has 0 aliphatic carbocycles. The number of hydrogen-bond acceptors (Lipinski definition) is 5. The van der Waals surface area contributed by atoms with Crippen molar-refractivity contribution in [3.05, 3.63) is 29.8 Å². The molecular formula is C14H23N3O2. The fraction of sp³-hybridized carbons (Fsp3) is 0.500. The summed E-state index contributed by atoms with van der Waals surface area (Å²) in [6.45, 7) is 0.463. The first-order valence-corrected chi connectivity index (χ1v) is 6.11. The molecule has 1 aromatic carbocycles. The molecule has 0 aliphatic heterocycles. The fourth-order valence-electron chi connectivity index (χ4n) is 2.82. The second kappa shape index (κ2) is 6.14. The van der Waals surface area contributed by atoms with E-state index in [0.29, 0.717) is 12.2 Å². The van der Waals surface area contributed by atoms with Gasteiger partial charge in [0, 0.05) is 5.56 Å². The maximum absolute atomic E-state index is 10.7. The number of para-hydroxylation sites is 1. The largest absolute Gasteiger partial charge is 0.428 e. The van der Waals surface area contributed by atoms with E-state index in [1.807, 2.05) is 60.5 Å². The smallest absolute Gasteiger partial charge is 0.298 e. The van der Waals surface area contributed by atoms with Crippen LogP contribution in [0, 0.1) is 0 Å². The second-order valence-corrected chi connectivity index (χ2v) is 5.03. The van der Waals surface area contributed by atoms with Gasteiger partial charge in [-0.25, -0.2) is 0 Å². The highest BCUT2D eigenvalue weighted by Gasteiger charge is 2.41. The van der Waals surface area contributed by atoms with Crippen LogP contribution in [-0.4, -0.2) is 63.5 Å². The molecule has 0 saturated carbocycles. The van der Waals surface area contributed by atoms with Crippen LogP contribution in [0.15, 0.2) is 24.3 Å². The molecule has 0 N–H and O–H groups in total. The number of carbonyl (C=O) groups excluding carboxylic acids is 1. The van der Waals surface area contributed by atoms with E-state index in [2.05, 4.69) is 14.7 Å². The highest BCUT2D eigenvalue weighted by Crippen LogP contribution is 2.36. The summed E-state index contributed by atoms with van der Waals surface area (Å²) in [7, 11) is 12.0. The molecule has 0 bridgehead atoms. The van der Waals surface area contributed by atoms with Crippen molar-refractivity contribution < 1.29 is 9.53 Å². The molecule has 0 fully saturated rings. The van der Waals surface area contributed by atoms with E-state index in [1.54, 1.807) is 6.07 Å². The van der Waals surface area contributed by atoms with Crippen LogP contribution in [0.4, 0.5) is 0 Å². The molecule has 0 saturated heterocycles. The van der Waals surface area contributed by atoms with Gasteiger partial charge in [0.25, 0.3) is 6.47 Å². The van der Waals surface area contributed by atoms with Crippen LogP contribution in [-0.2, 0) is 10.6 Å². The number of nitrogens with zero attached hydrogens (tertiary/aromatic N) is 3. The summed E-state index contributed by atoms with van der Waals surface area (Å²) in [5, 5.41) is 0. The molecule has 0 aromatic heterocycles. The Bertz CT molecular complexity index is 409. The minimum atomic E-state index is -0.500. The lowest BCUT2D eigenvalue weighted by atomic mass is 10.0. The van der Waals surface area contributed by atoms with Gasteiger partial charge in [0.05, 0.1) is 0 Å². The van der Waals surface area contributed by atoms with E-state index in [4.69, 9.17) is 4.74 Å². The van der Waals surface area contributed by atoms with Crippen molar-refractivity contribution in [3.8, 4) is 5.75 Å². The third-order valence-electron chi connectivity index (χ3n) is 3.29. The van der Waals surface area contributed by atoms with Crippen molar-refractivity contribution in [2.75, 3.05) is 42.3 Å². The summed E-state index contributed by atoms with van der Waals surface area (Å²) >= 11 is 0. The number of ether oxygens (including phenoxy) is 1. The molecule has 19 heavy (non-hydrogen) atoms. The molecule has 106 valence electrons. The summed E-state index contributed by atoms with van der Waals surface area (Å²) in [6.07, 6.45) is 0. The van der Waals surface area contributed by atoms with Crippen molar-refractivity contribution in [1.82, 2.24) is 14.7 Å². The number of carbonyl (C=O) groups is 1. The number of rotatable bonds is 6. The lowest BCUT2D eigenvalue weighted by Crippen LogP contribution is -2.61. The van der Waals surface area contributed by atoms with Gasteiger partial charge in [0.2, 0.25) is 0 Å². The SMILES string of the molecule is CN(C)C(c1ccccc1OC=O)(N(C)C)N(C)C. The Kier molecular flexibility index (Phi) is 5.05. The van der Waals surface area contributed by atoms with Crippen LogP contribution in [0.25, 0.3) is 0 Å². The van der Waals surface area contributed by atoms with Crippen LogP contribution < -0.4 is 4.74 Å². The third kappa shape index (κ3) is 2.63. The minimum absolute atomic E-state index is 0.463. The standard InChI is InChI=1S/C14H23N3O2/c1-15(2)14(16(3)4,17(5)6)12-9-7-8-10-13(12)19-11-18/h7-11H,1-6H3. The maximum Gasteiger partial charge on any atom is 0.298 e. The molecule has 0 unspecified atom stereocenters. The van der Waals surface area contributed by atoms with Gasteiger partial charge in [-0.2, -0.15) is 0 Å². The van der Waals surface area contributed by atoms with Crippen molar-refractivity contribution in [1.29, 1.82) is 0 Å². The minimum Gasteiger partial charge on any atom is -0.428 e. The summed E-state index contributed by atoms with van der Waals surface area (Å²) < 4.78 is 5.13. The van der Waals surface area contributed by atoms with Gasteiger partial charge < -0.3 is 4.74 Å². The van der Waals surface area contributed by atoms with E-state index in [0.717, 1.165) is 5.56 Å². The molecule has 0 spiro atoms. The molecule has 0 radical (unpaired) electrons. The normalized spacial score (nSPS) is 12.3. The van der Waals surface area contributed by atoms with Gasteiger partial charge in [0.15, 0.2) is 5.79 Å². The Morgan fingerprint density at radius 2 is 1.42 bits per heavy atom. The average molecular weight is 265 g/mol. The quantitative estimate of drug-likeness (QED) is 0.567. The zero-order valence-corrected chi connectivity index (χ0v) is 12.5. The zero-order chi connectivity index (χ0) is 14.6. The summed E-state index contributed by atoms with van der Waals surface area (Å²) in [6, 6.07) is 7.57. The Balaban J connectivity index is 3.53. The molecule has 5 nitrogen and oxygen atoms in total. The topological polar surface area (TPSA) is 36.0 Å². The van der Waals surface area contributed by atoms with Gasteiger partial charge in [-0.15, -0.1) is 0 Å². The van der Waals surface area contributed by atoms with Crippen LogP contribution in [0.1, 0.15) is 5.56 Å². The maximum atomic E-state index is 10.7. The Morgan fingerprint density at radius 3 is 1.84 bits per heavy atom. The third-order valence-corrected chi connectivity index (χ3v) is 3.29. The lowest BCUT2D eigenvalue weighted by Gasteiger charge is -2.50. The highest BCUT2D eigenvalue weighted by atomic mass is 16.5. The summed E-state index contributed by atoms with van der Waals surface area (Å²) in [5.41, 5.74) is 0.919. The first-order valence-electron chi connectivity index (χ1n) is 6.11. The number of benzene rings is 1. The fourth-order valence-corrected chi connectivity index (χ4v) is 2.82. The van der Waals surface area contributed by atoms with Crippen molar-refractivity contribution in [3.63, 3.8) is 0 Å². The predicted octanol–water partition coefficient (Wildman–Crippen LogP) is 1.02. The van der Waals surface area contributed by atoms with Gasteiger partial charge in [-0.1, -0.05) is 18.2 Å². The van der Waals surface area contributed by atoms with Crippen LogP contribution >= 0.6 is 0 Å². The monoisotopic (exact) mass is 265 g/mol. The first kappa shape index (κ1) is 15.6. The summed E-state index contributed by atoms with van der Waals surface area (Å²) in [4.78, 5) is 16.9. The Labute approximate surface area is 115 Å². The van der Waals surface area contributed by atoms with E-state index in [-0.39, 0.29) is 0 Å². The van der Waals surface area contributed by atoms with E-state index in [1.165, 1.54) is 0 Å². The van der Waals surface area contributed by atoms with Crippen molar-refractivity contribution in [2.24, 2.45) is 0 Å². The molecule has 1 aromatic rings. The average Bonchev–Trinajstić information content (AvgIpc) is 2.31. The first-order chi connectivity index (χ1) is 8.88. The number of hydrogen-bond donors (Lipinski definition) is 0. The van der Waals surface area contributed by atoms with Crippen LogP contribution in [0.2, 0.25) is 0 Å². The zero-order valence-electron chi connectivity index (χ0n) is 12.5. The molecule has 0 atom stereocenters. The van der Waals surface area contributed by atoms with Crippen LogP contribution in [0.5, 0.6) is 5.75 Å². The van der Waals surface area contributed by atoms with E-state index >= 15 is 0 Å². The molecule has 0 heterocycles. The molecular weight excluding hydrogens is 242 g/mol. The Hall–Kier alpha value is -1.43. The lowest BCUT2D eigenvalue weighted by molar-refractivity contribution is -0.124. The van der Waals surface area contributed by atoms with Crippen LogP contribution in [0.3, 0.4) is 0 Å². The van der Waals surface area contributed by atoms with Gasteiger partial charge >= 0.3 is 0 Å².